The molecule has 1 saturated carbocycles. The van der Waals surface area contributed by atoms with Gasteiger partial charge in [-0.1, -0.05) is 13.3 Å². The highest BCUT2D eigenvalue weighted by Crippen LogP contribution is 2.31. The maximum absolute atomic E-state index is 11.1. The molecule has 0 heterocycles. The van der Waals surface area contributed by atoms with Crippen LogP contribution in [-0.4, -0.2) is 12.5 Å². The summed E-state index contributed by atoms with van der Waals surface area (Å²) in [6, 6.07) is 0. The standard InChI is InChI=1S/C9H17NO/c1-2-3-6-10-9(11)7-8-4-5-8/h8H,2-7H2,1H3,(H,10,11). The molecule has 11 heavy (non-hydrogen) atoms. The Morgan fingerprint density at radius 2 is 2.27 bits per heavy atom. The van der Waals surface area contributed by atoms with Crippen molar-refractivity contribution in [1.82, 2.24) is 5.32 Å². The summed E-state index contributed by atoms with van der Waals surface area (Å²) in [4.78, 5) is 11.1. The van der Waals surface area contributed by atoms with E-state index in [0.29, 0.717) is 0 Å². The lowest BCUT2D eigenvalue weighted by Crippen LogP contribution is -2.24. The molecule has 0 radical (unpaired) electrons. The van der Waals surface area contributed by atoms with E-state index in [0.717, 1.165) is 31.7 Å². The van der Waals surface area contributed by atoms with Gasteiger partial charge in [-0.25, -0.2) is 0 Å². The third-order valence-electron chi connectivity index (χ3n) is 2.02. The summed E-state index contributed by atoms with van der Waals surface area (Å²) in [5.41, 5.74) is 0. The van der Waals surface area contributed by atoms with Crippen LogP contribution in [0.3, 0.4) is 0 Å². The summed E-state index contributed by atoms with van der Waals surface area (Å²) in [6.07, 6.45) is 5.56. The van der Waals surface area contributed by atoms with E-state index in [9.17, 15) is 4.79 Å². The fraction of sp³-hybridized carbons (Fsp3) is 0.889. The fourth-order valence-corrected chi connectivity index (χ4v) is 1.06. The van der Waals surface area contributed by atoms with Crippen LogP contribution in [0.15, 0.2) is 0 Å². The van der Waals surface area contributed by atoms with Gasteiger partial charge in [0.05, 0.1) is 0 Å². The molecule has 2 nitrogen and oxygen atoms in total. The van der Waals surface area contributed by atoms with E-state index in [-0.39, 0.29) is 5.91 Å². The Balaban J connectivity index is 1.92. The van der Waals surface area contributed by atoms with Gasteiger partial charge in [0.2, 0.25) is 5.91 Å². The van der Waals surface area contributed by atoms with Crippen molar-refractivity contribution in [2.45, 2.75) is 39.0 Å². The second-order valence-electron chi connectivity index (χ2n) is 3.35. The molecule has 0 aromatic carbocycles. The van der Waals surface area contributed by atoms with Gasteiger partial charge in [-0.15, -0.1) is 0 Å². The third-order valence-corrected chi connectivity index (χ3v) is 2.02. The molecule has 0 unspecified atom stereocenters. The Morgan fingerprint density at radius 3 is 2.82 bits per heavy atom. The molecule has 0 atom stereocenters. The molecule has 0 bridgehead atoms. The van der Waals surface area contributed by atoms with Crippen LogP contribution in [0, 0.1) is 5.92 Å². The molecule has 64 valence electrons. The zero-order chi connectivity index (χ0) is 8.10. The topological polar surface area (TPSA) is 29.1 Å². The first kappa shape index (κ1) is 8.57. The lowest BCUT2D eigenvalue weighted by Gasteiger charge is -2.01. The van der Waals surface area contributed by atoms with Gasteiger partial charge in [-0.2, -0.15) is 0 Å². The summed E-state index contributed by atoms with van der Waals surface area (Å²) in [6.45, 7) is 3.00. The first-order valence-corrected chi connectivity index (χ1v) is 4.59. The van der Waals surface area contributed by atoms with Crippen molar-refractivity contribution >= 4 is 5.91 Å². The fourth-order valence-electron chi connectivity index (χ4n) is 1.06. The predicted octanol–water partition coefficient (Wildman–Crippen LogP) is 1.70. The Morgan fingerprint density at radius 1 is 1.55 bits per heavy atom. The average Bonchev–Trinajstić information content (AvgIpc) is 2.72. The van der Waals surface area contributed by atoms with Gasteiger partial charge in [0, 0.05) is 13.0 Å². The number of amides is 1. The van der Waals surface area contributed by atoms with E-state index in [1.165, 1.54) is 12.8 Å². The van der Waals surface area contributed by atoms with Crippen LogP contribution < -0.4 is 5.32 Å². The van der Waals surface area contributed by atoms with Crippen LogP contribution in [-0.2, 0) is 4.79 Å². The molecule has 0 aromatic rings. The second-order valence-corrected chi connectivity index (χ2v) is 3.35. The molecular weight excluding hydrogens is 138 g/mol. The summed E-state index contributed by atoms with van der Waals surface area (Å²) >= 11 is 0. The minimum absolute atomic E-state index is 0.251. The molecule has 1 aliphatic rings. The van der Waals surface area contributed by atoms with Crippen molar-refractivity contribution in [3.05, 3.63) is 0 Å². The highest BCUT2D eigenvalue weighted by Gasteiger charge is 2.23. The smallest absolute Gasteiger partial charge is 0.220 e. The van der Waals surface area contributed by atoms with Crippen molar-refractivity contribution in [1.29, 1.82) is 0 Å². The Labute approximate surface area is 68.4 Å². The quantitative estimate of drug-likeness (QED) is 0.601. The van der Waals surface area contributed by atoms with Gasteiger partial charge >= 0.3 is 0 Å². The number of hydrogen-bond donors (Lipinski definition) is 1. The molecular formula is C9H17NO. The monoisotopic (exact) mass is 155 g/mol. The van der Waals surface area contributed by atoms with Crippen molar-refractivity contribution in [3.8, 4) is 0 Å². The largest absolute Gasteiger partial charge is 0.356 e. The molecule has 0 saturated heterocycles. The van der Waals surface area contributed by atoms with Gasteiger partial charge in [0.1, 0.15) is 0 Å². The maximum Gasteiger partial charge on any atom is 0.220 e. The molecule has 0 aromatic heterocycles. The Kier molecular flexibility index (Phi) is 3.40. The molecule has 0 spiro atoms. The van der Waals surface area contributed by atoms with Gasteiger partial charge in [0.25, 0.3) is 0 Å². The highest BCUT2D eigenvalue weighted by atomic mass is 16.1. The lowest BCUT2D eigenvalue weighted by atomic mass is 10.2. The van der Waals surface area contributed by atoms with Crippen molar-refractivity contribution in [2.24, 2.45) is 5.92 Å². The first-order chi connectivity index (χ1) is 5.33. The van der Waals surface area contributed by atoms with Crippen LogP contribution in [0.5, 0.6) is 0 Å². The van der Waals surface area contributed by atoms with Crippen molar-refractivity contribution in [2.75, 3.05) is 6.54 Å². The van der Waals surface area contributed by atoms with E-state index >= 15 is 0 Å². The number of carbonyl (C=O) groups is 1. The normalized spacial score (nSPS) is 16.5. The zero-order valence-corrected chi connectivity index (χ0v) is 7.23. The van der Waals surface area contributed by atoms with E-state index in [2.05, 4.69) is 12.2 Å². The summed E-state index contributed by atoms with van der Waals surface area (Å²) in [7, 11) is 0. The zero-order valence-electron chi connectivity index (χ0n) is 7.23. The van der Waals surface area contributed by atoms with E-state index < -0.39 is 0 Å². The van der Waals surface area contributed by atoms with E-state index in [1.807, 2.05) is 0 Å². The first-order valence-electron chi connectivity index (χ1n) is 4.59. The van der Waals surface area contributed by atoms with Gasteiger partial charge in [0.15, 0.2) is 0 Å². The minimum atomic E-state index is 0.251. The van der Waals surface area contributed by atoms with Crippen molar-refractivity contribution < 1.29 is 4.79 Å². The molecule has 1 rings (SSSR count). The van der Waals surface area contributed by atoms with Gasteiger partial charge < -0.3 is 5.32 Å². The average molecular weight is 155 g/mol. The molecule has 1 aliphatic carbocycles. The predicted molar refractivity (Wildman–Crippen MR) is 45.3 cm³/mol. The number of unbranched alkanes of at least 4 members (excludes halogenated alkanes) is 1. The molecule has 2 heteroatoms. The lowest BCUT2D eigenvalue weighted by molar-refractivity contribution is -0.121. The third kappa shape index (κ3) is 4.02. The Bertz CT molecular complexity index is 130. The number of carbonyl (C=O) groups excluding carboxylic acids is 1. The molecule has 1 N–H and O–H groups in total. The Hall–Kier alpha value is -0.530. The van der Waals surface area contributed by atoms with Crippen LogP contribution in [0.2, 0.25) is 0 Å². The van der Waals surface area contributed by atoms with E-state index in [4.69, 9.17) is 0 Å². The summed E-state index contributed by atoms with van der Waals surface area (Å²) < 4.78 is 0. The highest BCUT2D eigenvalue weighted by molar-refractivity contribution is 5.76. The van der Waals surface area contributed by atoms with Gasteiger partial charge in [-0.3, -0.25) is 4.79 Å². The van der Waals surface area contributed by atoms with E-state index in [1.54, 1.807) is 0 Å². The molecule has 1 fully saturated rings. The number of nitrogens with one attached hydrogen (secondary N) is 1. The summed E-state index contributed by atoms with van der Waals surface area (Å²) in [5.74, 6) is 0.970. The van der Waals surface area contributed by atoms with Gasteiger partial charge in [-0.05, 0) is 25.2 Å². The second kappa shape index (κ2) is 4.37. The van der Waals surface area contributed by atoms with Crippen LogP contribution in [0.1, 0.15) is 39.0 Å². The van der Waals surface area contributed by atoms with Crippen molar-refractivity contribution in [3.63, 3.8) is 0 Å². The molecule has 1 amide bonds. The molecule has 0 aliphatic heterocycles. The van der Waals surface area contributed by atoms with Crippen LogP contribution in [0.25, 0.3) is 0 Å². The maximum atomic E-state index is 11.1. The van der Waals surface area contributed by atoms with Crippen LogP contribution >= 0.6 is 0 Å². The number of hydrogen-bond acceptors (Lipinski definition) is 1. The summed E-state index contributed by atoms with van der Waals surface area (Å²) in [5, 5.41) is 2.92. The SMILES string of the molecule is CCCCNC(=O)CC1CC1. The number of rotatable bonds is 5. The minimum Gasteiger partial charge on any atom is -0.356 e. The van der Waals surface area contributed by atoms with Crippen LogP contribution in [0.4, 0.5) is 0 Å².